The molecule has 0 radical (unpaired) electrons. The van der Waals surface area contributed by atoms with E-state index in [1.54, 1.807) is 13.8 Å². The number of rotatable bonds is 3. The number of ether oxygens (including phenoxy) is 1. The first kappa shape index (κ1) is 17.1. The molecule has 2 rings (SSSR count). The summed E-state index contributed by atoms with van der Waals surface area (Å²) in [5.74, 6) is -0.414. The second-order valence-electron chi connectivity index (χ2n) is 6.66. The average Bonchev–Trinajstić information content (AvgIpc) is 2.45. The standard InChI is InChI=1S/C18H24N2O3/c1-6-23-16(21)14-11(2)19-17(22)20-15(14)12-7-9-13(10-8-12)18(3,4)5/h7-10,15H,6H2,1-5H3,(H2,19,20,22)/t15-/m0/s1. The van der Waals surface area contributed by atoms with E-state index in [9.17, 15) is 9.59 Å². The van der Waals surface area contributed by atoms with Crippen LogP contribution in [0.2, 0.25) is 0 Å². The molecular formula is C18H24N2O3. The second-order valence-corrected chi connectivity index (χ2v) is 6.66. The van der Waals surface area contributed by atoms with Gasteiger partial charge in [0.25, 0.3) is 0 Å². The highest BCUT2D eigenvalue weighted by atomic mass is 16.5. The Bertz CT molecular complexity index is 639. The fraction of sp³-hybridized carbons (Fsp3) is 0.444. The highest BCUT2D eigenvalue weighted by Crippen LogP contribution is 2.29. The third-order valence-electron chi connectivity index (χ3n) is 3.87. The van der Waals surface area contributed by atoms with Crippen molar-refractivity contribution in [3.8, 4) is 0 Å². The summed E-state index contributed by atoms with van der Waals surface area (Å²) < 4.78 is 5.13. The fourth-order valence-electron chi connectivity index (χ4n) is 2.60. The van der Waals surface area contributed by atoms with Gasteiger partial charge in [0.2, 0.25) is 0 Å². The largest absolute Gasteiger partial charge is 0.463 e. The Morgan fingerprint density at radius 1 is 1.22 bits per heavy atom. The van der Waals surface area contributed by atoms with Crippen LogP contribution in [-0.4, -0.2) is 18.6 Å². The van der Waals surface area contributed by atoms with Gasteiger partial charge in [0.15, 0.2) is 0 Å². The molecule has 0 aliphatic carbocycles. The summed E-state index contributed by atoms with van der Waals surface area (Å²) in [7, 11) is 0. The molecule has 1 aromatic rings. The molecule has 0 saturated carbocycles. The Morgan fingerprint density at radius 3 is 2.35 bits per heavy atom. The first-order chi connectivity index (χ1) is 10.7. The van der Waals surface area contributed by atoms with E-state index >= 15 is 0 Å². The van der Waals surface area contributed by atoms with Crippen molar-refractivity contribution < 1.29 is 14.3 Å². The number of urea groups is 1. The van der Waals surface area contributed by atoms with E-state index in [0.29, 0.717) is 17.9 Å². The molecule has 0 bridgehead atoms. The Hall–Kier alpha value is -2.30. The number of allylic oxidation sites excluding steroid dienone is 1. The van der Waals surface area contributed by atoms with Crippen LogP contribution in [0.3, 0.4) is 0 Å². The number of esters is 1. The molecule has 1 aliphatic rings. The molecule has 2 amide bonds. The van der Waals surface area contributed by atoms with E-state index in [1.165, 1.54) is 5.56 Å². The molecular weight excluding hydrogens is 292 g/mol. The molecule has 0 spiro atoms. The molecule has 23 heavy (non-hydrogen) atoms. The summed E-state index contributed by atoms with van der Waals surface area (Å²) in [6.07, 6.45) is 0. The van der Waals surface area contributed by atoms with E-state index in [0.717, 1.165) is 5.56 Å². The van der Waals surface area contributed by atoms with Crippen molar-refractivity contribution in [2.45, 2.75) is 46.1 Å². The fourth-order valence-corrected chi connectivity index (χ4v) is 2.60. The smallest absolute Gasteiger partial charge is 0.338 e. The highest BCUT2D eigenvalue weighted by Gasteiger charge is 2.32. The number of hydrogen-bond acceptors (Lipinski definition) is 3. The van der Waals surface area contributed by atoms with Gasteiger partial charge in [-0.1, -0.05) is 45.0 Å². The van der Waals surface area contributed by atoms with Gasteiger partial charge in [-0.3, -0.25) is 0 Å². The van der Waals surface area contributed by atoms with Gasteiger partial charge in [0, 0.05) is 5.70 Å². The van der Waals surface area contributed by atoms with Crippen LogP contribution in [0.4, 0.5) is 4.79 Å². The molecule has 1 aliphatic heterocycles. The van der Waals surface area contributed by atoms with Gasteiger partial charge in [0.05, 0.1) is 18.2 Å². The van der Waals surface area contributed by atoms with Crippen molar-refractivity contribution in [1.82, 2.24) is 10.6 Å². The average molecular weight is 316 g/mol. The molecule has 0 saturated heterocycles. The first-order valence-electron chi connectivity index (χ1n) is 7.80. The molecule has 5 nitrogen and oxygen atoms in total. The molecule has 1 aromatic carbocycles. The number of hydrogen-bond donors (Lipinski definition) is 2. The van der Waals surface area contributed by atoms with E-state index < -0.39 is 12.0 Å². The van der Waals surface area contributed by atoms with Crippen LogP contribution in [0.15, 0.2) is 35.5 Å². The first-order valence-corrected chi connectivity index (χ1v) is 7.80. The molecule has 0 fully saturated rings. The summed E-state index contributed by atoms with van der Waals surface area (Å²) in [6, 6.07) is 7.13. The number of amides is 2. The van der Waals surface area contributed by atoms with E-state index in [4.69, 9.17) is 4.74 Å². The maximum absolute atomic E-state index is 12.3. The van der Waals surface area contributed by atoms with Crippen LogP contribution in [0.1, 0.15) is 51.8 Å². The van der Waals surface area contributed by atoms with Gasteiger partial charge in [0.1, 0.15) is 0 Å². The normalized spacial score (nSPS) is 18.3. The van der Waals surface area contributed by atoms with Crippen LogP contribution in [-0.2, 0) is 14.9 Å². The molecule has 0 unspecified atom stereocenters. The van der Waals surface area contributed by atoms with Gasteiger partial charge in [-0.2, -0.15) is 0 Å². The maximum atomic E-state index is 12.3. The quantitative estimate of drug-likeness (QED) is 0.842. The number of carbonyl (C=O) groups excluding carboxylic acids is 2. The minimum absolute atomic E-state index is 0.0472. The van der Waals surface area contributed by atoms with Crippen molar-refractivity contribution >= 4 is 12.0 Å². The molecule has 0 aromatic heterocycles. The van der Waals surface area contributed by atoms with Crippen LogP contribution < -0.4 is 10.6 Å². The summed E-state index contributed by atoms with van der Waals surface area (Å²) in [5, 5.41) is 5.43. The zero-order valence-corrected chi connectivity index (χ0v) is 14.3. The lowest BCUT2D eigenvalue weighted by Crippen LogP contribution is -2.45. The third kappa shape index (κ3) is 3.73. The Kier molecular flexibility index (Phi) is 4.78. The number of benzene rings is 1. The summed E-state index contributed by atoms with van der Waals surface area (Å²) in [6.45, 7) is 10.2. The van der Waals surface area contributed by atoms with Crippen molar-refractivity contribution in [3.63, 3.8) is 0 Å². The molecule has 5 heteroatoms. The lowest BCUT2D eigenvalue weighted by Gasteiger charge is -2.28. The number of nitrogens with one attached hydrogen (secondary N) is 2. The van der Waals surface area contributed by atoms with Crippen LogP contribution >= 0.6 is 0 Å². The van der Waals surface area contributed by atoms with E-state index in [-0.39, 0.29) is 11.4 Å². The Balaban J connectivity index is 2.40. The minimum Gasteiger partial charge on any atom is -0.463 e. The molecule has 1 atom stereocenters. The minimum atomic E-state index is -0.503. The highest BCUT2D eigenvalue weighted by molar-refractivity contribution is 5.95. The predicted octanol–water partition coefficient (Wildman–Crippen LogP) is 3.18. The van der Waals surface area contributed by atoms with Gasteiger partial charge < -0.3 is 15.4 Å². The van der Waals surface area contributed by atoms with Crippen molar-refractivity contribution in [2.24, 2.45) is 0 Å². The second kappa shape index (κ2) is 6.44. The zero-order chi connectivity index (χ0) is 17.2. The van der Waals surface area contributed by atoms with E-state index in [1.807, 2.05) is 24.3 Å². The lowest BCUT2D eigenvalue weighted by atomic mass is 9.85. The zero-order valence-electron chi connectivity index (χ0n) is 14.3. The summed E-state index contributed by atoms with van der Waals surface area (Å²) >= 11 is 0. The Labute approximate surface area is 137 Å². The van der Waals surface area contributed by atoms with Crippen molar-refractivity contribution in [1.29, 1.82) is 0 Å². The molecule has 1 heterocycles. The summed E-state index contributed by atoms with van der Waals surface area (Å²) in [5.41, 5.74) is 3.06. The molecule has 124 valence electrons. The van der Waals surface area contributed by atoms with Crippen molar-refractivity contribution in [3.05, 3.63) is 46.7 Å². The van der Waals surface area contributed by atoms with Gasteiger partial charge in [-0.15, -0.1) is 0 Å². The number of carbonyl (C=O) groups is 2. The van der Waals surface area contributed by atoms with Gasteiger partial charge in [-0.05, 0) is 30.4 Å². The SMILES string of the molecule is CCOC(=O)C1=C(C)NC(=O)N[C@H]1c1ccc(C(C)(C)C)cc1. The lowest BCUT2D eigenvalue weighted by molar-refractivity contribution is -0.139. The van der Waals surface area contributed by atoms with Crippen LogP contribution in [0, 0.1) is 0 Å². The maximum Gasteiger partial charge on any atom is 0.338 e. The van der Waals surface area contributed by atoms with Gasteiger partial charge >= 0.3 is 12.0 Å². The predicted molar refractivity (Wildman–Crippen MR) is 88.9 cm³/mol. The summed E-state index contributed by atoms with van der Waals surface area (Å²) in [4.78, 5) is 24.1. The monoisotopic (exact) mass is 316 g/mol. The van der Waals surface area contributed by atoms with Gasteiger partial charge in [-0.25, -0.2) is 9.59 Å². The van der Waals surface area contributed by atoms with Crippen LogP contribution in [0.5, 0.6) is 0 Å². The topological polar surface area (TPSA) is 67.4 Å². The van der Waals surface area contributed by atoms with E-state index in [2.05, 4.69) is 31.4 Å². The Morgan fingerprint density at radius 2 is 1.83 bits per heavy atom. The molecule has 2 N–H and O–H groups in total. The third-order valence-corrected chi connectivity index (χ3v) is 3.87. The van der Waals surface area contributed by atoms with Crippen LogP contribution in [0.25, 0.3) is 0 Å². The van der Waals surface area contributed by atoms with Crippen molar-refractivity contribution in [2.75, 3.05) is 6.61 Å².